The average molecular weight is 298 g/mol. The van der Waals surface area contributed by atoms with Gasteiger partial charge in [0.15, 0.2) is 0 Å². The van der Waals surface area contributed by atoms with Gasteiger partial charge in [-0.25, -0.2) is 4.79 Å². The second kappa shape index (κ2) is 6.64. The second-order valence-electron chi connectivity index (χ2n) is 5.80. The number of benzene rings is 1. The standard InChI is InChI=1S/C17H22N4O/c1-13-5-4-7-15(11-13)20-17(22)18-9-10-21-16-8-3-2-6-14(16)12-19-21/h4-5,7,11-12H,2-3,6,8-10H2,1H3,(H2,18,20,22). The summed E-state index contributed by atoms with van der Waals surface area (Å²) in [6.45, 7) is 3.30. The number of rotatable bonds is 4. The maximum absolute atomic E-state index is 11.9. The molecule has 0 atom stereocenters. The van der Waals surface area contributed by atoms with E-state index in [4.69, 9.17) is 0 Å². The molecule has 22 heavy (non-hydrogen) atoms. The molecule has 0 unspecified atom stereocenters. The normalized spacial score (nSPS) is 13.5. The van der Waals surface area contributed by atoms with E-state index in [9.17, 15) is 4.79 Å². The molecule has 1 aliphatic carbocycles. The molecule has 0 saturated carbocycles. The highest BCUT2D eigenvalue weighted by Crippen LogP contribution is 2.20. The van der Waals surface area contributed by atoms with Crippen LogP contribution in [0.15, 0.2) is 30.5 Å². The third-order valence-electron chi connectivity index (χ3n) is 4.03. The minimum atomic E-state index is -0.174. The smallest absolute Gasteiger partial charge is 0.319 e. The first-order valence-corrected chi connectivity index (χ1v) is 7.87. The summed E-state index contributed by atoms with van der Waals surface area (Å²) in [7, 11) is 0. The van der Waals surface area contributed by atoms with Crippen molar-refractivity contribution in [1.29, 1.82) is 0 Å². The van der Waals surface area contributed by atoms with E-state index in [1.807, 2.05) is 42.1 Å². The summed E-state index contributed by atoms with van der Waals surface area (Å²) in [4.78, 5) is 11.9. The van der Waals surface area contributed by atoms with E-state index in [0.29, 0.717) is 6.54 Å². The van der Waals surface area contributed by atoms with Crippen molar-refractivity contribution in [2.24, 2.45) is 0 Å². The number of carbonyl (C=O) groups is 1. The van der Waals surface area contributed by atoms with E-state index < -0.39 is 0 Å². The van der Waals surface area contributed by atoms with Crippen LogP contribution in [0.3, 0.4) is 0 Å². The first kappa shape index (κ1) is 14.6. The molecule has 116 valence electrons. The Morgan fingerprint density at radius 2 is 2.18 bits per heavy atom. The summed E-state index contributed by atoms with van der Waals surface area (Å²) in [5, 5.41) is 10.2. The fraction of sp³-hybridized carbons (Fsp3) is 0.412. The number of fused-ring (bicyclic) bond motifs is 1. The van der Waals surface area contributed by atoms with Gasteiger partial charge < -0.3 is 10.6 Å². The first-order chi connectivity index (χ1) is 10.7. The lowest BCUT2D eigenvalue weighted by molar-refractivity contribution is 0.251. The van der Waals surface area contributed by atoms with Crippen molar-refractivity contribution in [2.75, 3.05) is 11.9 Å². The first-order valence-electron chi connectivity index (χ1n) is 7.87. The predicted octanol–water partition coefficient (Wildman–Crippen LogP) is 2.89. The molecule has 0 aliphatic heterocycles. The van der Waals surface area contributed by atoms with Crippen LogP contribution in [0.4, 0.5) is 10.5 Å². The predicted molar refractivity (Wildman–Crippen MR) is 87.1 cm³/mol. The lowest BCUT2D eigenvalue weighted by Gasteiger charge is -2.14. The number of aromatic nitrogens is 2. The van der Waals surface area contributed by atoms with Crippen molar-refractivity contribution in [2.45, 2.75) is 39.2 Å². The largest absolute Gasteiger partial charge is 0.336 e. The summed E-state index contributed by atoms with van der Waals surface area (Å²) >= 11 is 0. The summed E-state index contributed by atoms with van der Waals surface area (Å²) < 4.78 is 2.03. The van der Waals surface area contributed by atoms with Gasteiger partial charge in [-0.2, -0.15) is 5.10 Å². The number of amides is 2. The molecule has 0 radical (unpaired) electrons. The number of carbonyl (C=O) groups excluding carboxylic acids is 1. The highest BCUT2D eigenvalue weighted by Gasteiger charge is 2.14. The zero-order valence-corrected chi connectivity index (χ0v) is 12.9. The number of hydrogen-bond donors (Lipinski definition) is 2. The van der Waals surface area contributed by atoms with Crippen molar-refractivity contribution in [3.63, 3.8) is 0 Å². The topological polar surface area (TPSA) is 59.0 Å². The van der Waals surface area contributed by atoms with Gasteiger partial charge in [0.2, 0.25) is 0 Å². The van der Waals surface area contributed by atoms with E-state index in [1.54, 1.807) is 0 Å². The van der Waals surface area contributed by atoms with Crippen molar-refractivity contribution < 1.29 is 4.79 Å². The Bertz CT molecular complexity index is 662. The van der Waals surface area contributed by atoms with Crippen LogP contribution in [0.5, 0.6) is 0 Å². The molecular weight excluding hydrogens is 276 g/mol. The van der Waals surface area contributed by atoms with Crippen LogP contribution in [0.1, 0.15) is 29.7 Å². The Morgan fingerprint density at radius 3 is 3.05 bits per heavy atom. The number of aryl methyl sites for hydroxylation is 2. The van der Waals surface area contributed by atoms with Crippen molar-refractivity contribution in [3.8, 4) is 0 Å². The fourth-order valence-corrected chi connectivity index (χ4v) is 2.92. The zero-order valence-electron chi connectivity index (χ0n) is 12.9. The van der Waals surface area contributed by atoms with Gasteiger partial charge >= 0.3 is 6.03 Å². The molecule has 0 spiro atoms. The summed E-state index contributed by atoms with van der Waals surface area (Å²) in [6.07, 6.45) is 6.71. The molecule has 0 saturated heterocycles. The van der Waals surface area contributed by atoms with Crippen LogP contribution in [0.25, 0.3) is 0 Å². The molecular formula is C17H22N4O. The van der Waals surface area contributed by atoms with Gasteiger partial charge in [-0.05, 0) is 55.9 Å². The second-order valence-corrected chi connectivity index (χ2v) is 5.80. The third kappa shape index (κ3) is 3.47. The summed E-state index contributed by atoms with van der Waals surface area (Å²) in [5.41, 5.74) is 4.65. The number of urea groups is 1. The van der Waals surface area contributed by atoms with Crippen LogP contribution in [0, 0.1) is 6.92 Å². The van der Waals surface area contributed by atoms with Gasteiger partial charge in [-0.15, -0.1) is 0 Å². The molecule has 1 heterocycles. The quantitative estimate of drug-likeness (QED) is 0.912. The van der Waals surface area contributed by atoms with Crippen LogP contribution in [-0.2, 0) is 19.4 Å². The highest BCUT2D eigenvalue weighted by atomic mass is 16.2. The van der Waals surface area contributed by atoms with Gasteiger partial charge in [0.25, 0.3) is 0 Å². The Kier molecular flexibility index (Phi) is 4.42. The van der Waals surface area contributed by atoms with Crippen molar-refractivity contribution in [1.82, 2.24) is 15.1 Å². The van der Waals surface area contributed by atoms with Crippen LogP contribution < -0.4 is 10.6 Å². The minimum absolute atomic E-state index is 0.174. The molecule has 1 aromatic carbocycles. The molecule has 1 aliphatic rings. The highest BCUT2D eigenvalue weighted by molar-refractivity contribution is 5.89. The molecule has 2 amide bonds. The monoisotopic (exact) mass is 298 g/mol. The van der Waals surface area contributed by atoms with E-state index >= 15 is 0 Å². The Labute approximate surface area is 130 Å². The number of nitrogens with one attached hydrogen (secondary N) is 2. The fourth-order valence-electron chi connectivity index (χ4n) is 2.92. The number of anilines is 1. The van der Waals surface area contributed by atoms with Crippen LogP contribution >= 0.6 is 0 Å². The maximum Gasteiger partial charge on any atom is 0.319 e. The van der Waals surface area contributed by atoms with E-state index in [0.717, 1.165) is 30.6 Å². The van der Waals surface area contributed by atoms with Crippen molar-refractivity contribution in [3.05, 3.63) is 47.3 Å². The van der Waals surface area contributed by atoms with Gasteiger partial charge in [0.1, 0.15) is 0 Å². The van der Waals surface area contributed by atoms with Gasteiger partial charge in [0, 0.05) is 17.9 Å². The van der Waals surface area contributed by atoms with Crippen LogP contribution in [-0.4, -0.2) is 22.4 Å². The Morgan fingerprint density at radius 1 is 1.32 bits per heavy atom. The van der Waals surface area contributed by atoms with Gasteiger partial charge in [-0.1, -0.05) is 12.1 Å². The summed E-state index contributed by atoms with van der Waals surface area (Å²) in [6, 6.07) is 7.59. The van der Waals surface area contributed by atoms with Gasteiger partial charge in [0.05, 0.1) is 12.7 Å². The molecule has 0 bridgehead atoms. The molecule has 2 N–H and O–H groups in total. The third-order valence-corrected chi connectivity index (χ3v) is 4.03. The van der Waals surface area contributed by atoms with E-state index in [-0.39, 0.29) is 6.03 Å². The van der Waals surface area contributed by atoms with Crippen molar-refractivity contribution >= 4 is 11.7 Å². The molecule has 1 aromatic heterocycles. The molecule has 2 aromatic rings. The molecule has 0 fully saturated rings. The maximum atomic E-state index is 11.9. The molecule has 3 rings (SSSR count). The molecule has 5 nitrogen and oxygen atoms in total. The number of hydrogen-bond acceptors (Lipinski definition) is 2. The van der Waals surface area contributed by atoms with Gasteiger partial charge in [-0.3, -0.25) is 4.68 Å². The SMILES string of the molecule is Cc1cccc(NC(=O)NCCn2ncc3c2CCCC3)c1. The zero-order chi connectivity index (χ0) is 15.4. The Hall–Kier alpha value is -2.30. The average Bonchev–Trinajstić information content (AvgIpc) is 2.91. The Balaban J connectivity index is 1.48. The minimum Gasteiger partial charge on any atom is -0.336 e. The van der Waals surface area contributed by atoms with E-state index in [1.165, 1.54) is 24.1 Å². The number of nitrogens with zero attached hydrogens (tertiary/aromatic N) is 2. The lowest BCUT2D eigenvalue weighted by atomic mass is 9.98. The van der Waals surface area contributed by atoms with E-state index in [2.05, 4.69) is 15.7 Å². The lowest BCUT2D eigenvalue weighted by Crippen LogP contribution is -2.32. The molecule has 5 heteroatoms. The van der Waals surface area contributed by atoms with Crippen LogP contribution in [0.2, 0.25) is 0 Å². The summed E-state index contributed by atoms with van der Waals surface area (Å²) in [5.74, 6) is 0.